The first kappa shape index (κ1) is 38.5. The van der Waals surface area contributed by atoms with Gasteiger partial charge in [-0.1, -0.05) is 18.2 Å². The lowest BCUT2D eigenvalue weighted by molar-refractivity contribution is -0.133. The summed E-state index contributed by atoms with van der Waals surface area (Å²) in [5, 5.41) is 10.2. The van der Waals surface area contributed by atoms with Crippen molar-refractivity contribution in [3.63, 3.8) is 0 Å². The number of aryl methyl sites for hydroxylation is 2. The highest BCUT2D eigenvalue weighted by atomic mass is 32.1. The number of benzene rings is 2. The maximum Gasteiger partial charge on any atom is 0.677 e. The second kappa shape index (κ2) is 15.9. The van der Waals surface area contributed by atoms with Crippen LogP contribution in [-0.4, -0.2) is 87.0 Å². The Morgan fingerprint density at radius 3 is 2.41 bits per heavy atom. The third-order valence-electron chi connectivity index (χ3n) is 10.4. The minimum Gasteiger partial charge on any atom is -0.454 e. The van der Waals surface area contributed by atoms with Gasteiger partial charge >= 0.3 is 7.40 Å². The average molecular weight is 804 g/mol. The zero-order valence-electron chi connectivity index (χ0n) is 32.4. The van der Waals surface area contributed by atoms with E-state index in [1.807, 2.05) is 63.2 Å². The highest BCUT2D eigenvalue weighted by Gasteiger charge is 2.30. The molecule has 0 spiro atoms. The first-order chi connectivity index (χ1) is 27.9. The largest absolute Gasteiger partial charge is 0.677 e. The lowest BCUT2D eigenvalue weighted by atomic mass is 9.94. The van der Waals surface area contributed by atoms with Crippen LogP contribution in [0.2, 0.25) is 0 Å². The van der Waals surface area contributed by atoms with Gasteiger partial charge in [-0.05, 0) is 105 Å². The van der Waals surface area contributed by atoms with Gasteiger partial charge in [-0.2, -0.15) is 5.10 Å². The predicted molar refractivity (Wildman–Crippen MR) is 221 cm³/mol. The quantitative estimate of drug-likeness (QED) is 0.112. The van der Waals surface area contributed by atoms with Crippen molar-refractivity contribution in [2.75, 3.05) is 43.2 Å². The maximum absolute atomic E-state index is 14.3. The number of hydrogen-bond acceptors (Lipinski definition) is 9. The number of anilines is 2. The number of aromatic nitrogens is 5. The molecular formula is C41H40BF2N9O4S. The summed E-state index contributed by atoms with van der Waals surface area (Å²) in [5.41, 5.74) is 7.08. The Bertz CT molecular complexity index is 2590. The van der Waals surface area contributed by atoms with Crippen molar-refractivity contribution in [2.24, 2.45) is 4.99 Å². The molecule has 2 aromatic carbocycles. The number of aliphatic imine (C=N–C) groups is 1. The number of pyridine rings is 1. The molecule has 0 saturated carbocycles. The lowest BCUT2D eigenvalue weighted by Gasteiger charge is -2.35. The van der Waals surface area contributed by atoms with Gasteiger partial charge in [0.2, 0.25) is 18.6 Å². The Kier molecular flexibility index (Phi) is 10.5. The van der Waals surface area contributed by atoms with Crippen molar-refractivity contribution in [1.82, 2.24) is 29.1 Å². The molecule has 5 aromatic rings. The predicted octanol–water partition coefficient (Wildman–Crippen LogP) is 7.16. The number of halogens is 2. The molecule has 3 aliphatic heterocycles. The highest BCUT2D eigenvalue weighted by molar-refractivity contribution is 7.71. The first-order valence-corrected chi connectivity index (χ1v) is 19.3. The number of aromatic amines is 1. The SMILES string of the molecule is CC1=CC(C)=N/C1=C(/c1ccc(NC(=O)CCC(=O)N2CCN(c3cccc(-c4n[nH]c(=S)n4-c4ccc5c(c4)OCO5)n3)CC2)cc1)c1c(C)cc(C)n1B(F)F. The van der Waals surface area contributed by atoms with Crippen LogP contribution in [0, 0.1) is 18.6 Å². The summed E-state index contributed by atoms with van der Waals surface area (Å²) in [7, 11) is -2.73. The summed E-state index contributed by atoms with van der Waals surface area (Å²) in [5.74, 6) is 2.18. The first-order valence-electron chi connectivity index (χ1n) is 18.9. The minimum atomic E-state index is -2.73. The molecule has 8 rings (SSSR count). The Morgan fingerprint density at radius 2 is 1.69 bits per heavy atom. The number of ether oxygens (including phenoxy) is 2. The smallest absolute Gasteiger partial charge is 0.454 e. The molecule has 1 fully saturated rings. The summed E-state index contributed by atoms with van der Waals surface area (Å²) in [6.45, 7) is 9.52. The van der Waals surface area contributed by atoms with Crippen molar-refractivity contribution < 1.29 is 27.7 Å². The van der Waals surface area contributed by atoms with Crippen LogP contribution < -0.4 is 19.7 Å². The number of nitrogens with zero attached hydrogens (tertiary/aromatic N) is 7. The average Bonchev–Trinajstić information content (AvgIpc) is 3.99. The highest BCUT2D eigenvalue weighted by Crippen LogP contribution is 2.38. The summed E-state index contributed by atoms with van der Waals surface area (Å²) < 4.78 is 42.9. The number of rotatable bonds is 10. The van der Waals surface area contributed by atoms with Gasteiger partial charge < -0.3 is 29.1 Å². The van der Waals surface area contributed by atoms with Crippen LogP contribution in [0.1, 0.15) is 49.2 Å². The zero-order chi connectivity index (χ0) is 40.7. The monoisotopic (exact) mass is 803 g/mol. The van der Waals surface area contributed by atoms with Crippen LogP contribution in [-0.2, 0) is 9.59 Å². The van der Waals surface area contributed by atoms with Crippen LogP contribution in [0.5, 0.6) is 11.5 Å². The minimum absolute atomic E-state index is 0.00986. The number of piperazine rings is 1. The number of allylic oxidation sites excluding steroid dienone is 2. The number of hydrogen-bond donors (Lipinski definition) is 2. The fourth-order valence-electron chi connectivity index (χ4n) is 7.67. The normalized spacial score (nSPS) is 15.7. The number of fused-ring (bicyclic) bond motifs is 1. The standard InChI is InChI=1S/C41H40BF2N9O4S/c1-24-20-26(3)45-38(24)37(39-25(2)21-27(4)53(39)42(43)44)28-8-10-29(11-9-28)46-35(54)14-15-36(55)51-18-16-50(17-19-51)34-7-5-6-31(47-34)40-48-49-41(58)52(40)30-12-13-32-33(22-30)57-23-56-32/h5-13,20-22H,14-19,23H2,1-4H3,(H,46,54)(H,49,58)/b38-37-. The molecule has 0 aliphatic carbocycles. The van der Waals surface area contributed by atoms with E-state index in [1.54, 1.807) is 46.7 Å². The van der Waals surface area contributed by atoms with Crippen LogP contribution in [0.4, 0.5) is 20.1 Å². The second-order valence-electron chi connectivity index (χ2n) is 14.4. The van der Waals surface area contributed by atoms with Gasteiger partial charge in [-0.3, -0.25) is 32.9 Å². The van der Waals surface area contributed by atoms with E-state index in [2.05, 4.69) is 20.4 Å². The third-order valence-corrected chi connectivity index (χ3v) is 10.7. The van der Waals surface area contributed by atoms with Crippen molar-refractivity contribution >= 4 is 54.2 Å². The molecule has 3 aromatic heterocycles. The van der Waals surface area contributed by atoms with Gasteiger partial charge in [0.1, 0.15) is 11.5 Å². The van der Waals surface area contributed by atoms with Gasteiger partial charge in [-0.25, -0.2) is 4.98 Å². The number of H-pyrrole nitrogens is 1. The molecule has 58 heavy (non-hydrogen) atoms. The van der Waals surface area contributed by atoms with E-state index in [-0.39, 0.29) is 31.4 Å². The van der Waals surface area contributed by atoms with Crippen LogP contribution >= 0.6 is 12.2 Å². The van der Waals surface area contributed by atoms with Crippen molar-refractivity contribution in [2.45, 2.75) is 40.5 Å². The molecule has 17 heteroatoms. The Hall–Kier alpha value is -6.36. The Morgan fingerprint density at radius 1 is 0.931 bits per heavy atom. The molecule has 1 saturated heterocycles. The summed E-state index contributed by atoms with van der Waals surface area (Å²) >= 11 is 5.56. The van der Waals surface area contributed by atoms with Gasteiger partial charge in [-0.15, -0.1) is 0 Å². The van der Waals surface area contributed by atoms with Crippen molar-refractivity contribution in [3.8, 4) is 28.7 Å². The van der Waals surface area contributed by atoms with Crippen molar-refractivity contribution in [3.05, 3.63) is 111 Å². The van der Waals surface area contributed by atoms with Crippen molar-refractivity contribution in [1.29, 1.82) is 0 Å². The number of carbonyl (C=O) groups excluding carboxylic acids is 2. The molecule has 0 bridgehead atoms. The van der Waals surface area contributed by atoms with E-state index in [0.29, 0.717) is 93.4 Å². The molecule has 0 unspecified atom stereocenters. The summed E-state index contributed by atoms with van der Waals surface area (Å²) in [6.07, 6.45) is 2.00. The van der Waals surface area contributed by atoms with Gasteiger partial charge in [0.25, 0.3) is 0 Å². The molecule has 0 atom stereocenters. The van der Waals surface area contributed by atoms with E-state index in [4.69, 9.17) is 31.7 Å². The molecule has 13 nitrogen and oxygen atoms in total. The number of amides is 2. The Labute approximate surface area is 338 Å². The summed E-state index contributed by atoms with van der Waals surface area (Å²) in [6, 6.07) is 20.1. The molecule has 6 heterocycles. The van der Waals surface area contributed by atoms with Crippen LogP contribution in [0.15, 0.2) is 89.1 Å². The Balaban J connectivity index is 0.878. The maximum atomic E-state index is 14.3. The number of nitrogens with one attached hydrogen (secondary N) is 2. The third kappa shape index (κ3) is 7.56. The fourth-order valence-corrected chi connectivity index (χ4v) is 7.91. The van der Waals surface area contributed by atoms with E-state index < -0.39 is 7.40 Å². The van der Waals surface area contributed by atoms with Gasteiger partial charge in [0.05, 0.1) is 11.4 Å². The van der Waals surface area contributed by atoms with Gasteiger partial charge in [0, 0.05) is 73.4 Å². The second-order valence-corrected chi connectivity index (χ2v) is 14.8. The van der Waals surface area contributed by atoms with Crippen LogP contribution in [0.25, 0.3) is 22.8 Å². The molecule has 296 valence electrons. The lowest BCUT2D eigenvalue weighted by Crippen LogP contribution is -2.49. The van der Waals surface area contributed by atoms with E-state index in [9.17, 15) is 18.2 Å². The molecule has 0 radical (unpaired) electrons. The topological polar surface area (TPSA) is 135 Å². The fraction of sp³-hybridized carbons (Fsp3) is 0.268. The van der Waals surface area contributed by atoms with E-state index in [1.165, 1.54) is 0 Å². The molecule has 3 aliphatic rings. The molecular weight excluding hydrogens is 763 g/mol. The molecule has 2 amide bonds. The summed E-state index contributed by atoms with van der Waals surface area (Å²) in [4.78, 5) is 39.7. The van der Waals surface area contributed by atoms with E-state index in [0.717, 1.165) is 27.3 Å². The molecule has 2 N–H and O–H groups in total. The number of carbonyl (C=O) groups is 2. The van der Waals surface area contributed by atoms with E-state index >= 15 is 0 Å². The zero-order valence-corrected chi connectivity index (χ0v) is 33.2. The van der Waals surface area contributed by atoms with Crippen LogP contribution in [0.3, 0.4) is 0 Å². The van der Waals surface area contributed by atoms with Gasteiger partial charge in [0.15, 0.2) is 22.1 Å².